The topological polar surface area (TPSA) is 109 Å². The fourth-order valence-corrected chi connectivity index (χ4v) is 3.71. The van der Waals surface area contributed by atoms with E-state index in [2.05, 4.69) is 9.88 Å². The van der Waals surface area contributed by atoms with Gasteiger partial charge in [-0.05, 0) is 30.3 Å². The zero-order valence-corrected chi connectivity index (χ0v) is 15.4. The molecule has 140 valence electrons. The Kier molecular flexibility index (Phi) is 5.24. The van der Waals surface area contributed by atoms with E-state index in [1.54, 1.807) is 19.2 Å². The van der Waals surface area contributed by atoms with Crippen LogP contribution in [0, 0.1) is 5.41 Å². The molecule has 0 amide bonds. The molecule has 0 saturated carbocycles. The Balaban J connectivity index is 0.00000261. The molecule has 0 atom stereocenters. The van der Waals surface area contributed by atoms with Gasteiger partial charge in [0.15, 0.2) is 9.84 Å². The standard InChI is InChI=1S/C18H22N4O3S.H2/c1-2-26(23,24)14-3-4-16(19)15(12-14)18(20)13-5-6-21-17(11-13)22-7-9-25-10-8-22;/h3-6,11-12,20H,2,7-10,19H2,1H3;1H. The minimum Gasteiger partial charge on any atom is -0.398 e. The molecule has 1 aliphatic rings. The molecule has 1 saturated heterocycles. The number of nitrogens with zero attached hydrogens (tertiary/aromatic N) is 2. The van der Waals surface area contributed by atoms with Crippen molar-refractivity contribution in [2.24, 2.45) is 0 Å². The number of benzene rings is 1. The molecule has 26 heavy (non-hydrogen) atoms. The van der Waals surface area contributed by atoms with Gasteiger partial charge in [0.05, 0.1) is 29.6 Å². The fourth-order valence-electron chi connectivity index (χ4n) is 2.81. The van der Waals surface area contributed by atoms with Gasteiger partial charge in [0, 0.05) is 37.5 Å². The number of ether oxygens (including phenoxy) is 1. The highest BCUT2D eigenvalue weighted by atomic mass is 32.2. The third-order valence-electron chi connectivity index (χ3n) is 4.40. The van der Waals surface area contributed by atoms with E-state index in [1.807, 2.05) is 6.07 Å². The Bertz CT molecular complexity index is 928. The summed E-state index contributed by atoms with van der Waals surface area (Å²) in [6.07, 6.45) is 1.65. The first-order chi connectivity index (χ1) is 12.4. The van der Waals surface area contributed by atoms with E-state index in [-0.39, 0.29) is 17.8 Å². The molecule has 1 aliphatic heterocycles. The lowest BCUT2D eigenvalue weighted by Crippen LogP contribution is -2.36. The Morgan fingerprint density at radius 1 is 1.31 bits per heavy atom. The van der Waals surface area contributed by atoms with Crippen molar-refractivity contribution in [3.8, 4) is 0 Å². The number of nitrogens with two attached hydrogens (primary N) is 1. The minimum atomic E-state index is -3.37. The number of pyridine rings is 1. The molecule has 1 aromatic heterocycles. The van der Waals surface area contributed by atoms with Crippen molar-refractivity contribution in [2.45, 2.75) is 11.8 Å². The average molecular weight is 376 g/mol. The van der Waals surface area contributed by atoms with Crippen molar-refractivity contribution in [1.82, 2.24) is 4.98 Å². The number of morpholine rings is 1. The molecule has 1 aromatic carbocycles. The predicted octanol–water partition coefficient (Wildman–Crippen LogP) is 1.96. The van der Waals surface area contributed by atoms with Gasteiger partial charge in [0.25, 0.3) is 0 Å². The second-order valence-electron chi connectivity index (χ2n) is 6.03. The van der Waals surface area contributed by atoms with Crippen molar-refractivity contribution in [1.29, 1.82) is 5.41 Å². The molecule has 7 nitrogen and oxygen atoms in total. The number of hydrogen-bond donors (Lipinski definition) is 2. The molecule has 0 bridgehead atoms. The number of hydrogen-bond acceptors (Lipinski definition) is 7. The number of rotatable bonds is 5. The molecule has 0 spiro atoms. The lowest BCUT2D eigenvalue weighted by atomic mass is 10.0. The van der Waals surface area contributed by atoms with Crippen LogP contribution in [0.3, 0.4) is 0 Å². The van der Waals surface area contributed by atoms with Gasteiger partial charge in [0.2, 0.25) is 0 Å². The van der Waals surface area contributed by atoms with Crippen molar-refractivity contribution in [3.05, 3.63) is 47.7 Å². The SMILES string of the molecule is CCS(=O)(=O)c1ccc(N)c(C(=N)c2ccnc(N3CCOCC3)c2)c1.[HH]. The molecule has 3 N–H and O–H groups in total. The third kappa shape index (κ3) is 3.71. The largest absolute Gasteiger partial charge is 0.398 e. The lowest BCUT2D eigenvalue weighted by Gasteiger charge is -2.28. The van der Waals surface area contributed by atoms with Crippen LogP contribution in [0.2, 0.25) is 0 Å². The van der Waals surface area contributed by atoms with E-state index in [0.29, 0.717) is 30.0 Å². The maximum absolute atomic E-state index is 12.1. The van der Waals surface area contributed by atoms with E-state index < -0.39 is 9.84 Å². The van der Waals surface area contributed by atoms with Crippen LogP contribution in [0.4, 0.5) is 11.5 Å². The summed E-state index contributed by atoms with van der Waals surface area (Å²) in [6, 6.07) is 8.05. The van der Waals surface area contributed by atoms with Crippen LogP contribution in [-0.4, -0.2) is 51.2 Å². The molecular weight excluding hydrogens is 352 g/mol. The normalized spacial score (nSPS) is 15.0. The molecule has 0 radical (unpaired) electrons. The summed E-state index contributed by atoms with van der Waals surface area (Å²) in [7, 11) is -3.37. The van der Waals surface area contributed by atoms with Gasteiger partial charge < -0.3 is 15.4 Å². The van der Waals surface area contributed by atoms with Crippen molar-refractivity contribution >= 4 is 27.1 Å². The van der Waals surface area contributed by atoms with Gasteiger partial charge in [-0.1, -0.05) is 6.92 Å². The second-order valence-corrected chi connectivity index (χ2v) is 8.31. The van der Waals surface area contributed by atoms with E-state index in [1.165, 1.54) is 18.2 Å². The van der Waals surface area contributed by atoms with Crippen LogP contribution in [0.15, 0.2) is 41.4 Å². The second kappa shape index (κ2) is 7.43. The smallest absolute Gasteiger partial charge is 0.178 e. The van der Waals surface area contributed by atoms with Crippen LogP contribution in [-0.2, 0) is 14.6 Å². The molecule has 2 aromatic rings. The third-order valence-corrected chi connectivity index (χ3v) is 6.13. The highest BCUT2D eigenvalue weighted by molar-refractivity contribution is 7.91. The van der Waals surface area contributed by atoms with Crippen LogP contribution >= 0.6 is 0 Å². The molecule has 0 aliphatic carbocycles. The van der Waals surface area contributed by atoms with Crippen molar-refractivity contribution in [3.63, 3.8) is 0 Å². The maximum atomic E-state index is 12.1. The van der Waals surface area contributed by atoms with E-state index in [0.717, 1.165) is 18.9 Å². The summed E-state index contributed by atoms with van der Waals surface area (Å²) < 4.78 is 29.6. The van der Waals surface area contributed by atoms with E-state index >= 15 is 0 Å². The molecule has 8 heteroatoms. The Labute approximate surface area is 154 Å². The summed E-state index contributed by atoms with van der Waals surface area (Å²) in [5.74, 6) is 0.770. The number of anilines is 2. The lowest BCUT2D eigenvalue weighted by molar-refractivity contribution is 0.122. The molecular formula is C18H24N4O3S. The summed E-state index contributed by atoms with van der Waals surface area (Å²) in [6.45, 7) is 4.38. The van der Waals surface area contributed by atoms with Gasteiger partial charge in [0.1, 0.15) is 5.82 Å². The van der Waals surface area contributed by atoms with Crippen LogP contribution in [0.1, 0.15) is 19.5 Å². The predicted molar refractivity (Wildman–Crippen MR) is 104 cm³/mol. The van der Waals surface area contributed by atoms with E-state index in [9.17, 15) is 8.42 Å². The fraction of sp³-hybridized carbons (Fsp3) is 0.333. The Hall–Kier alpha value is -2.45. The van der Waals surface area contributed by atoms with Crippen molar-refractivity contribution in [2.75, 3.05) is 42.7 Å². The molecule has 3 rings (SSSR count). The van der Waals surface area contributed by atoms with Crippen LogP contribution < -0.4 is 10.6 Å². The molecule has 2 heterocycles. The number of nitrogen functional groups attached to an aromatic ring is 1. The summed E-state index contributed by atoms with van der Waals surface area (Å²) in [4.78, 5) is 6.65. The highest BCUT2D eigenvalue weighted by Crippen LogP contribution is 2.23. The maximum Gasteiger partial charge on any atom is 0.178 e. The number of aromatic nitrogens is 1. The quantitative estimate of drug-likeness (QED) is 0.610. The van der Waals surface area contributed by atoms with Gasteiger partial charge in [-0.2, -0.15) is 0 Å². The Morgan fingerprint density at radius 2 is 2.04 bits per heavy atom. The first-order valence-corrected chi connectivity index (χ1v) is 10.1. The first kappa shape index (κ1) is 18.3. The van der Waals surface area contributed by atoms with Crippen LogP contribution in [0.25, 0.3) is 0 Å². The van der Waals surface area contributed by atoms with Gasteiger partial charge >= 0.3 is 0 Å². The van der Waals surface area contributed by atoms with Crippen LogP contribution in [0.5, 0.6) is 0 Å². The average Bonchev–Trinajstić information content (AvgIpc) is 2.68. The van der Waals surface area contributed by atoms with Crippen molar-refractivity contribution < 1.29 is 14.6 Å². The number of nitrogens with one attached hydrogen (secondary N) is 1. The first-order valence-electron chi connectivity index (χ1n) is 8.42. The summed E-state index contributed by atoms with van der Waals surface area (Å²) in [5.41, 5.74) is 7.60. The Morgan fingerprint density at radius 3 is 2.73 bits per heavy atom. The summed E-state index contributed by atoms with van der Waals surface area (Å²) >= 11 is 0. The molecule has 0 unspecified atom stereocenters. The minimum absolute atomic E-state index is 0. The number of sulfone groups is 1. The zero-order chi connectivity index (χ0) is 18.7. The molecule has 1 fully saturated rings. The van der Waals surface area contributed by atoms with Gasteiger partial charge in [-0.3, -0.25) is 5.41 Å². The summed E-state index contributed by atoms with van der Waals surface area (Å²) in [5, 5.41) is 8.53. The zero-order valence-electron chi connectivity index (χ0n) is 14.6. The van der Waals surface area contributed by atoms with E-state index in [4.69, 9.17) is 15.9 Å². The monoisotopic (exact) mass is 376 g/mol. The highest BCUT2D eigenvalue weighted by Gasteiger charge is 2.18. The van der Waals surface area contributed by atoms with Gasteiger partial charge in [-0.25, -0.2) is 13.4 Å². The van der Waals surface area contributed by atoms with Gasteiger partial charge in [-0.15, -0.1) is 0 Å².